The third kappa shape index (κ3) is 3.70. The van der Waals surface area contributed by atoms with Gasteiger partial charge in [-0.2, -0.15) is 0 Å². The summed E-state index contributed by atoms with van der Waals surface area (Å²) in [5, 5.41) is 3.29. The molecule has 4 nitrogen and oxygen atoms in total. The maximum atomic E-state index is 13.4. The molecular weight excluding hydrogens is 324 g/mol. The third-order valence-corrected chi connectivity index (χ3v) is 7.24. The Hall–Kier alpha value is -1.32. The number of amides is 2. The third-order valence-electron chi connectivity index (χ3n) is 7.24. The van der Waals surface area contributed by atoms with Gasteiger partial charge in [-0.05, 0) is 44.4 Å². The highest BCUT2D eigenvalue weighted by molar-refractivity contribution is 5.89. The van der Waals surface area contributed by atoms with Gasteiger partial charge in [-0.25, -0.2) is 0 Å². The molecule has 2 saturated carbocycles. The maximum Gasteiger partial charge on any atom is 0.227 e. The van der Waals surface area contributed by atoms with Gasteiger partial charge in [-0.1, -0.05) is 50.7 Å². The lowest BCUT2D eigenvalue weighted by Gasteiger charge is -2.45. The Kier molecular flexibility index (Phi) is 5.66. The van der Waals surface area contributed by atoms with Crippen LogP contribution in [0, 0.1) is 17.8 Å². The number of nitrogens with zero attached hydrogens (tertiary/aromatic N) is 1. The van der Waals surface area contributed by atoms with Crippen molar-refractivity contribution in [2.24, 2.45) is 17.8 Å². The first-order valence-electron chi connectivity index (χ1n) is 11.0. The average Bonchev–Trinajstić information content (AvgIpc) is 2.69. The van der Waals surface area contributed by atoms with E-state index < -0.39 is 0 Å². The molecular formula is C22H34N2O2. The molecule has 1 N–H and O–H groups in total. The summed E-state index contributed by atoms with van der Waals surface area (Å²) in [4.78, 5) is 28.6. The molecule has 4 heteroatoms. The molecule has 3 atom stereocenters. The van der Waals surface area contributed by atoms with E-state index in [4.69, 9.17) is 0 Å². The largest absolute Gasteiger partial charge is 0.353 e. The van der Waals surface area contributed by atoms with Gasteiger partial charge in [0.15, 0.2) is 0 Å². The topological polar surface area (TPSA) is 49.4 Å². The molecule has 0 spiro atoms. The van der Waals surface area contributed by atoms with Gasteiger partial charge in [0.2, 0.25) is 11.8 Å². The number of piperidine rings is 1. The molecule has 0 aromatic heterocycles. The smallest absolute Gasteiger partial charge is 0.227 e. The number of hydrogen-bond acceptors (Lipinski definition) is 2. The van der Waals surface area contributed by atoms with E-state index in [9.17, 15) is 9.59 Å². The fourth-order valence-corrected chi connectivity index (χ4v) is 5.77. The molecule has 2 amide bonds. The Bertz CT molecular complexity index is 546. The second-order valence-electron chi connectivity index (χ2n) is 8.92. The molecule has 3 fully saturated rings. The van der Waals surface area contributed by atoms with Crippen LogP contribution in [0.25, 0.3) is 0 Å². The van der Waals surface area contributed by atoms with Crippen molar-refractivity contribution >= 4 is 11.8 Å². The molecule has 0 bridgehead atoms. The number of carbonyl (C=O) groups is 2. The van der Waals surface area contributed by atoms with Gasteiger partial charge in [0.25, 0.3) is 0 Å². The van der Waals surface area contributed by atoms with Crippen LogP contribution in [0.3, 0.4) is 0 Å². The highest BCUT2D eigenvalue weighted by atomic mass is 16.2. The van der Waals surface area contributed by atoms with E-state index in [0.29, 0.717) is 12.1 Å². The SMILES string of the molecule is O=C(NC1CCCCC1)[C@H]1CC=C[C@H]2CCN(C3CCCCC3)C(=O)[C@@H]12. The summed E-state index contributed by atoms with van der Waals surface area (Å²) in [6.45, 7) is 0.881. The first-order chi connectivity index (χ1) is 12.7. The number of fused-ring (bicyclic) bond motifs is 1. The molecule has 0 unspecified atom stereocenters. The predicted octanol–water partition coefficient (Wildman–Crippen LogP) is 3.81. The van der Waals surface area contributed by atoms with Crippen LogP contribution in [0.4, 0.5) is 0 Å². The van der Waals surface area contributed by atoms with Crippen molar-refractivity contribution in [1.82, 2.24) is 10.2 Å². The highest BCUT2D eigenvalue weighted by Gasteiger charge is 2.46. The molecule has 1 heterocycles. The van der Waals surface area contributed by atoms with Crippen LogP contribution in [0.5, 0.6) is 0 Å². The number of likely N-dealkylation sites (tertiary alicyclic amines) is 1. The van der Waals surface area contributed by atoms with Crippen LogP contribution < -0.4 is 5.32 Å². The minimum absolute atomic E-state index is 0.126. The highest BCUT2D eigenvalue weighted by Crippen LogP contribution is 2.39. The van der Waals surface area contributed by atoms with E-state index in [-0.39, 0.29) is 29.6 Å². The minimum atomic E-state index is -0.161. The molecule has 4 aliphatic rings. The van der Waals surface area contributed by atoms with Crippen LogP contribution in [-0.4, -0.2) is 35.3 Å². The van der Waals surface area contributed by atoms with E-state index >= 15 is 0 Å². The first kappa shape index (κ1) is 18.1. The van der Waals surface area contributed by atoms with Crippen LogP contribution >= 0.6 is 0 Å². The quantitative estimate of drug-likeness (QED) is 0.780. The number of allylic oxidation sites excluding steroid dienone is 2. The lowest BCUT2D eigenvalue weighted by Crippen LogP contribution is -2.55. The standard InChI is InChI=1S/C22H34N2O2/c25-21(23-17-9-3-1-4-10-17)19-13-7-8-16-14-15-24(22(26)20(16)19)18-11-5-2-6-12-18/h7-8,16-20H,1-6,9-15H2,(H,23,25)/t16-,19-,20+/m0/s1. The summed E-state index contributed by atoms with van der Waals surface area (Å²) >= 11 is 0. The number of nitrogens with one attached hydrogen (secondary N) is 1. The van der Waals surface area contributed by atoms with E-state index in [1.807, 2.05) is 0 Å². The second-order valence-corrected chi connectivity index (χ2v) is 8.92. The Morgan fingerprint density at radius 1 is 0.962 bits per heavy atom. The van der Waals surface area contributed by atoms with Gasteiger partial charge < -0.3 is 10.2 Å². The number of hydrogen-bond donors (Lipinski definition) is 1. The predicted molar refractivity (Wildman–Crippen MR) is 102 cm³/mol. The normalized spacial score (nSPS) is 33.8. The maximum absolute atomic E-state index is 13.4. The van der Waals surface area contributed by atoms with Crippen LogP contribution in [-0.2, 0) is 9.59 Å². The van der Waals surface area contributed by atoms with Gasteiger partial charge >= 0.3 is 0 Å². The summed E-state index contributed by atoms with van der Waals surface area (Å²) in [5.74, 6) is 0.375. The van der Waals surface area contributed by atoms with Gasteiger partial charge in [0.05, 0.1) is 11.8 Å². The number of rotatable bonds is 3. The Balaban J connectivity index is 1.45. The Morgan fingerprint density at radius 3 is 2.38 bits per heavy atom. The Labute approximate surface area is 157 Å². The summed E-state index contributed by atoms with van der Waals surface area (Å²) in [7, 11) is 0. The monoisotopic (exact) mass is 358 g/mol. The molecule has 4 rings (SSSR count). The van der Waals surface area contributed by atoms with Crippen LogP contribution in [0.2, 0.25) is 0 Å². The molecule has 0 radical (unpaired) electrons. The van der Waals surface area contributed by atoms with Gasteiger partial charge in [0, 0.05) is 18.6 Å². The van der Waals surface area contributed by atoms with Crippen LogP contribution in [0.1, 0.15) is 77.0 Å². The van der Waals surface area contributed by atoms with Gasteiger partial charge in [-0.15, -0.1) is 0 Å². The molecule has 3 aliphatic carbocycles. The van der Waals surface area contributed by atoms with Crippen molar-refractivity contribution in [2.75, 3.05) is 6.54 Å². The fourth-order valence-electron chi connectivity index (χ4n) is 5.77. The fraction of sp³-hybridized carbons (Fsp3) is 0.818. The summed E-state index contributed by atoms with van der Waals surface area (Å²) in [6.07, 6.45) is 18.1. The van der Waals surface area contributed by atoms with E-state index in [0.717, 1.165) is 45.1 Å². The van der Waals surface area contributed by atoms with Crippen molar-refractivity contribution in [3.63, 3.8) is 0 Å². The average molecular weight is 359 g/mol. The summed E-state index contributed by atoms with van der Waals surface area (Å²) in [6, 6.07) is 0.749. The van der Waals surface area contributed by atoms with E-state index in [1.165, 1.54) is 38.5 Å². The Morgan fingerprint density at radius 2 is 1.65 bits per heavy atom. The second kappa shape index (κ2) is 8.14. The van der Waals surface area contributed by atoms with Gasteiger partial charge in [-0.3, -0.25) is 9.59 Å². The number of carbonyl (C=O) groups excluding carboxylic acids is 2. The van der Waals surface area contributed by atoms with E-state index in [2.05, 4.69) is 22.4 Å². The molecule has 1 saturated heterocycles. The zero-order valence-corrected chi connectivity index (χ0v) is 16.0. The molecule has 0 aromatic carbocycles. The van der Waals surface area contributed by atoms with Crippen molar-refractivity contribution in [3.05, 3.63) is 12.2 Å². The van der Waals surface area contributed by atoms with Crippen molar-refractivity contribution < 1.29 is 9.59 Å². The zero-order valence-electron chi connectivity index (χ0n) is 16.0. The van der Waals surface area contributed by atoms with E-state index in [1.54, 1.807) is 0 Å². The van der Waals surface area contributed by atoms with Gasteiger partial charge in [0.1, 0.15) is 0 Å². The van der Waals surface area contributed by atoms with Crippen molar-refractivity contribution in [3.8, 4) is 0 Å². The lowest BCUT2D eigenvalue weighted by molar-refractivity contribution is -0.150. The summed E-state index contributed by atoms with van der Waals surface area (Å²) in [5.41, 5.74) is 0. The minimum Gasteiger partial charge on any atom is -0.353 e. The van der Waals surface area contributed by atoms with Crippen LogP contribution in [0.15, 0.2) is 12.2 Å². The summed E-state index contributed by atoms with van der Waals surface area (Å²) < 4.78 is 0. The molecule has 26 heavy (non-hydrogen) atoms. The molecule has 144 valence electrons. The zero-order chi connectivity index (χ0) is 17.9. The van der Waals surface area contributed by atoms with Crippen molar-refractivity contribution in [2.45, 2.75) is 89.1 Å². The first-order valence-corrected chi connectivity index (χ1v) is 11.0. The molecule has 0 aromatic rings. The van der Waals surface area contributed by atoms with Crippen molar-refractivity contribution in [1.29, 1.82) is 0 Å². The molecule has 1 aliphatic heterocycles. The lowest BCUT2D eigenvalue weighted by atomic mass is 9.70.